The van der Waals surface area contributed by atoms with E-state index >= 15 is 0 Å². The number of methoxy groups -OCH3 is 1. The van der Waals surface area contributed by atoms with Crippen LogP contribution in [-0.2, 0) is 25.5 Å². The summed E-state index contributed by atoms with van der Waals surface area (Å²) in [5, 5.41) is 2.82. The number of hydrogen-bond donors (Lipinski definition) is 1. The highest BCUT2D eigenvalue weighted by molar-refractivity contribution is 6.00. The van der Waals surface area contributed by atoms with Crippen molar-refractivity contribution in [1.82, 2.24) is 10.2 Å². The Morgan fingerprint density at radius 1 is 1.21 bits per heavy atom. The lowest BCUT2D eigenvalue weighted by atomic mass is 9.86. The molecule has 8 nitrogen and oxygen atoms in total. The maximum absolute atomic E-state index is 12.6. The number of esters is 1. The van der Waals surface area contributed by atoms with Gasteiger partial charge >= 0.3 is 12.0 Å². The molecule has 1 aliphatic carbocycles. The van der Waals surface area contributed by atoms with Gasteiger partial charge in [0.05, 0.1) is 7.11 Å². The summed E-state index contributed by atoms with van der Waals surface area (Å²) in [4.78, 5) is 37.7. The van der Waals surface area contributed by atoms with Gasteiger partial charge in [-0.3, -0.25) is 19.8 Å². The van der Waals surface area contributed by atoms with E-state index in [2.05, 4.69) is 5.32 Å². The second-order valence-electron chi connectivity index (χ2n) is 7.52. The number of nitrogens with zero attached hydrogens (tertiary/aromatic N) is 1. The molecular weight excluding hydrogens is 376 g/mol. The molecule has 152 valence electrons. The minimum absolute atomic E-state index is 0.145. The molecule has 2 atom stereocenters. The maximum atomic E-state index is 12.6. The highest BCUT2D eigenvalue weighted by Gasteiger charge is 2.74. The van der Waals surface area contributed by atoms with Crippen molar-refractivity contribution in [3.63, 3.8) is 0 Å². The predicted molar refractivity (Wildman–Crippen MR) is 102 cm³/mol. The molecule has 1 aromatic rings. The second-order valence-corrected chi connectivity index (χ2v) is 7.52. The van der Waals surface area contributed by atoms with E-state index in [4.69, 9.17) is 14.2 Å². The van der Waals surface area contributed by atoms with Gasteiger partial charge in [-0.2, -0.15) is 0 Å². The van der Waals surface area contributed by atoms with Crippen LogP contribution in [0, 0.1) is 0 Å². The molecule has 0 radical (unpaired) electrons. The Hall–Kier alpha value is -3.13. The van der Waals surface area contributed by atoms with Gasteiger partial charge in [0.15, 0.2) is 5.78 Å². The van der Waals surface area contributed by atoms with Crippen molar-refractivity contribution in [1.29, 1.82) is 0 Å². The average molecular weight is 398 g/mol. The van der Waals surface area contributed by atoms with E-state index in [9.17, 15) is 14.4 Å². The molecule has 29 heavy (non-hydrogen) atoms. The van der Waals surface area contributed by atoms with Crippen LogP contribution in [0.3, 0.4) is 0 Å². The molecule has 0 saturated carbocycles. The van der Waals surface area contributed by atoms with E-state index in [-0.39, 0.29) is 18.6 Å². The zero-order valence-corrected chi connectivity index (χ0v) is 16.4. The zero-order chi connectivity index (χ0) is 20.9. The van der Waals surface area contributed by atoms with Crippen LogP contribution in [0.2, 0.25) is 0 Å². The van der Waals surface area contributed by atoms with Crippen molar-refractivity contribution in [2.75, 3.05) is 14.2 Å². The van der Waals surface area contributed by atoms with Crippen molar-refractivity contribution in [3.05, 3.63) is 54.1 Å². The number of benzene rings is 1. The first-order chi connectivity index (χ1) is 13.7. The van der Waals surface area contributed by atoms with Crippen molar-refractivity contribution in [2.24, 2.45) is 0 Å². The SMILES string of the molecule is COc1ccc(C[C@@]23OC4(C=CC(=O)C=C4)C[C@]2(OC(C)=O)NC(=O)N3C)cc1. The van der Waals surface area contributed by atoms with E-state index in [1.165, 1.54) is 24.0 Å². The lowest BCUT2D eigenvalue weighted by molar-refractivity contribution is -0.205. The molecule has 1 aromatic carbocycles. The van der Waals surface area contributed by atoms with Crippen LogP contribution in [-0.4, -0.2) is 53.9 Å². The molecule has 4 rings (SSSR count). The van der Waals surface area contributed by atoms with E-state index in [1.807, 2.05) is 24.3 Å². The van der Waals surface area contributed by atoms with Crippen LogP contribution in [0.1, 0.15) is 18.9 Å². The summed E-state index contributed by atoms with van der Waals surface area (Å²) in [5.74, 6) is 0.00608. The lowest BCUT2D eigenvalue weighted by Gasteiger charge is -2.40. The van der Waals surface area contributed by atoms with E-state index in [1.54, 1.807) is 26.3 Å². The number of urea groups is 1. The van der Waals surface area contributed by atoms with Gasteiger partial charge in [-0.25, -0.2) is 4.79 Å². The number of likely N-dealkylation sites (N-methyl/N-ethyl adjacent to an activating group) is 1. The Balaban J connectivity index is 1.81. The summed E-state index contributed by atoms with van der Waals surface area (Å²) in [6.07, 6.45) is 6.54. The van der Waals surface area contributed by atoms with E-state index in [0.29, 0.717) is 5.75 Å². The summed E-state index contributed by atoms with van der Waals surface area (Å²) >= 11 is 0. The Labute approximate surface area is 168 Å². The van der Waals surface area contributed by atoms with Crippen LogP contribution >= 0.6 is 0 Å². The number of hydrogen-bond acceptors (Lipinski definition) is 6. The normalized spacial score (nSPS) is 29.1. The third-order valence-corrected chi connectivity index (χ3v) is 5.65. The molecular formula is C21H22N2O6. The van der Waals surface area contributed by atoms with Gasteiger partial charge in [0, 0.05) is 26.8 Å². The molecule has 0 aromatic heterocycles. The highest BCUT2D eigenvalue weighted by Crippen LogP contribution is 2.54. The lowest BCUT2D eigenvalue weighted by Crippen LogP contribution is -2.61. The first kappa shape index (κ1) is 19.2. The molecule has 3 aliphatic rings. The first-order valence-electron chi connectivity index (χ1n) is 9.24. The number of carbonyl (C=O) groups is 3. The third kappa shape index (κ3) is 2.91. The van der Waals surface area contributed by atoms with Crippen LogP contribution < -0.4 is 10.1 Å². The second kappa shape index (κ2) is 6.45. The fourth-order valence-electron chi connectivity index (χ4n) is 4.31. The van der Waals surface area contributed by atoms with Gasteiger partial charge in [0.1, 0.15) is 11.4 Å². The zero-order valence-electron chi connectivity index (χ0n) is 16.4. The largest absolute Gasteiger partial charge is 0.497 e. The van der Waals surface area contributed by atoms with Crippen molar-refractivity contribution >= 4 is 17.8 Å². The number of allylic oxidation sites excluding steroid dienone is 2. The molecule has 2 heterocycles. The van der Waals surface area contributed by atoms with Crippen molar-refractivity contribution < 1.29 is 28.6 Å². The highest BCUT2D eigenvalue weighted by atomic mass is 16.6. The maximum Gasteiger partial charge on any atom is 0.322 e. The number of rotatable bonds is 4. The number of ketones is 1. The van der Waals surface area contributed by atoms with Gasteiger partial charge in [0.2, 0.25) is 11.4 Å². The Bertz CT molecular complexity index is 917. The summed E-state index contributed by atoms with van der Waals surface area (Å²) in [7, 11) is 3.18. The smallest absolute Gasteiger partial charge is 0.322 e. The molecule has 2 fully saturated rings. The number of ether oxygens (including phenoxy) is 3. The number of fused-ring (bicyclic) bond motifs is 1. The first-order valence-corrected chi connectivity index (χ1v) is 9.24. The fourth-order valence-corrected chi connectivity index (χ4v) is 4.31. The number of carbonyl (C=O) groups excluding carboxylic acids is 3. The van der Waals surface area contributed by atoms with E-state index in [0.717, 1.165) is 5.56 Å². The fraction of sp³-hybridized carbons (Fsp3) is 0.381. The summed E-state index contributed by atoms with van der Waals surface area (Å²) < 4.78 is 17.4. The van der Waals surface area contributed by atoms with Gasteiger partial charge in [-0.1, -0.05) is 12.1 Å². The van der Waals surface area contributed by atoms with Crippen LogP contribution in [0.5, 0.6) is 5.75 Å². The standard InChI is InChI=1S/C21H22N2O6/c1-14(24)28-20-13-19(10-8-16(25)9-11-19)29-21(20,23(2)18(26)22-20)12-15-4-6-17(27-3)7-5-15/h4-11H,12-13H2,1-3H3,(H,22,26)/t20-,21-/m1/s1. The monoisotopic (exact) mass is 398 g/mol. The van der Waals surface area contributed by atoms with E-state index < -0.39 is 29.1 Å². The molecule has 0 bridgehead atoms. The Kier molecular flexibility index (Phi) is 4.27. The van der Waals surface area contributed by atoms with Crippen molar-refractivity contribution in [2.45, 2.75) is 36.8 Å². The topological polar surface area (TPSA) is 94.2 Å². The molecule has 2 aliphatic heterocycles. The van der Waals surface area contributed by atoms with Crippen LogP contribution in [0.25, 0.3) is 0 Å². The third-order valence-electron chi connectivity index (χ3n) is 5.65. The predicted octanol–water partition coefficient (Wildman–Crippen LogP) is 1.70. The summed E-state index contributed by atoms with van der Waals surface area (Å²) in [5.41, 5.74) is -2.85. The summed E-state index contributed by atoms with van der Waals surface area (Å²) in [6.45, 7) is 1.29. The van der Waals surface area contributed by atoms with Crippen LogP contribution in [0.4, 0.5) is 4.79 Å². The van der Waals surface area contributed by atoms with Crippen LogP contribution in [0.15, 0.2) is 48.6 Å². The number of nitrogens with one attached hydrogen (secondary N) is 1. The number of amides is 2. The molecule has 0 unspecified atom stereocenters. The quantitative estimate of drug-likeness (QED) is 0.776. The van der Waals surface area contributed by atoms with Crippen molar-refractivity contribution in [3.8, 4) is 5.75 Å². The Morgan fingerprint density at radius 2 is 1.86 bits per heavy atom. The van der Waals surface area contributed by atoms with Gasteiger partial charge in [-0.15, -0.1) is 0 Å². The Morgan fingerprint density at radius 3 is 2.45 bits per heavy atom. The molecule has 2 saturated heterocycles. The van der Waals surface area contributed by atoms with Gasteiger partial charge in [0.25, 0.3) is 0 Å². The molecule has 8 heteroatoms. The molecule has 2 amide bonds. The minimum atomic E-state index is -1.42. The van der Waals surface area contributed by atoms with Gasteiger partial charge < -0.3 is 14.2 Å². The van der Waals surface area contributed by atoms with Gasteiger partial charge in [-0.05, 0) is 42.0 Å². The minimum Gasteiger partial charge on any atom is -0.497 e. The summed E-state index contributed by atoms with van der Waals surface area (Å²) in [6, 6.07) is 6.95. The molecule has 1 N–H and O–H groups in total. The average Bonchev–Trinajstić information content (AvgIpc) is 3.02. The molecule has 1 spiro atoms.